The van der Waals surface area contributed by atoms with Gasteiger partial charge in [0.05, 0.1) is 0 Å². The Morgan fingerprint density at radius 2 is 0.826 bits per heavy atom. The van der Waals surface area contributed by atoms with Crippen LogP contribution in [0.2, 0.25) is 0 Å². The molecule has 140 valence electrons. The van der Waals surface area contributed by atoms with Crippen molar-refractivity contribution in [3.05, 3.63) is 0 Å². The zero-order chi connectivity index (χ0) is 16.8. The van der Waals surface area contributed by atoms with Crippen molar-refractivity contribution in [2.24, 2.45) is 5.73 Å². The van der Waals surface area contributed by atoms with Crippen molar-refractivity contribution in [3.8, 4) is 0 Å². The van der Waals surface area contributed by atoms with E-state index in [4.69, 9.17) is 5.73 Å². The minimum atomic E-state index is 0.866. The lowest BCUT2D eigenvalue weighted by molar-refractivity contribution is 0.529. The highest BCUT2D eigenvalue weighted by Crippen LogP contribution is 2.09. The van der Waals surface area contributed by atoms with E-state index in [1.165, 1.54) is 122 Å². The molecule has 23 heavy (non-hydrogen) atoms. The van der Waals surface area contributed by atoms with E-state index < -0.39 is 0 Å². The number of unbranched alkanes of at least 4 members (excludes halogenated alkanes) is 15. The molecule has 0 atom stereocenters. The number of nitrogens with one attached hydrogen (secondary N) is 1. The van der Waals surface area contributed by atoms with Gasteiger partial charge in [-0.2, -0.15) is 0 Å². The molecule has 0 heterocycles. The molecular formula is C21H46N2. The maximum atomic E-state index is 5.50. The van der Waals surface area contributed by atoms with Crippen LogP contribution in [-0.4, -0.2) is 19.6 Å². The molecule has 0 aromatic carbocycles. The summed E-state index contributed by atoms with van der Waals surface area (Å²) in [5.74, 6) is 0. The van der Waals surface area contributed by atoms with Crippen LogP contribution in [0.15, 0.2) is 0 Å². The first-order valence-corrected chi connectivity index (χ1v) is 10.8. The summed E-state index contributed by atoms with van der Waals surface area (Å²) in [7, 11) is 0. The van der Waals surface area contributed by atoms with Crippen LogP contribution in [0.25, 0.3) is 0 Å². The molecule has 3 N–H and O–H groups in total. The predicted octanol–water partition coefficient (Wildman–Crippen LogP) is 6.19. The molecule has 0 spiro atoms. The zero-order valence-electron chi connectivity index (χ0n) is 16.2. The van der Waals surface area contributed by atoms with Gasteiger partial charge in [-0.25, -0.2) is 0 Å². The lowest BCUT2D eigenvalue weighted by Gasteiger charge is -2.05. The molecule has 0 saturated heterocycles. The summed E-state index contributed by atoms with van der Waals surface area (Å²) < 4.78 is 0. The Bertz CT molecular complexity index is 174. The quantitative estimate of drug-likeness (QED) is 0.262. The van der Waals surface area contributed by atoms with E-state index >= 15 is 0 Å². The van der Waals surface area contributed by atoms with Gasteiger partial charge in [-0.05, 0) is 38.9 Å². The number of rotatable bonds is 20. The number of hydrogen-bond acceptors (Lipinski definition) is 2. The Morgan fingerprint density at radius 3 is 1.22 bits per heavy atom. The Hall–Kier alpha value is -0.0800. The van der Waals surface area contributed by atoms with Crippen molar-refractivity contribution in [1.29, 1.82) is 0 Å². The van der Waals surface area contributed by atoms with Crippen LogP contribution < -0.4 is 11.1 Å². The molecule has 0 radical (unpaired) electrons. The van der Waals surface area contributed by atoms with Gasteiger partial charge in [0.15, 0.2) is 0 Å². The Balaban J connectivity index is 2.92. The maximum Gasteiger partial charge on any atom is -0.00489 e. The van der Waals surface area contributed by atoms with Gasteiger partial charge in [-0.1, -0.05) is 96.8 Å². The summed E-state index contributed by atoms with van der Waals surface area (Å²) in [4.78, 5) is 0. The van der Waals surface area contributed by atoms with Crippen LogP contribution in [0.5, 0.6) is 0 Å². The van der Waals surface area contributed by atoms with E-state index in [1.54, 1.807) is 0 Å². The Labute approximate surface area is 147 Å². The molecule has 0 unspecified atom stereocenters. The third-order valence-electron chi connectivity index (χ3n) is 4.76. The average Bonchev–Trinajstić information content (AvgIpc) is 2.57. The van der Waals surface area contributed by atoms with Crippen LogP contribution in [-0.2, 0) is 0 Å². The summed E-state index contributed by atoms with van der Waals surface area (Å²) in [5.41, 5.74) is 5.50. The molecule has 0 saturated carbocycles. The molecule has 0 aliphatic carbocycles. The molecule has 0 aliphatic heterocycles. The normalized spacial score (nSPS) is 11.2. The molecule has 0 rings (SSSR count). The predicted molar refractivity (Wildman–Crippen MR) is 106 cm³/mol. The van der Waals surface area contributed by atoms with E-state index in [0.717, 1.165) is 6.54 Å². The first-order valence-electron chi connectivity index (χ1n) is 10.8. The SMILES string of the molecule is CCCCCCCCCCCNCCCCCCCCCCN. The van der Waals surface area contributed by atoms with Crippen LogP contribution in [0, 0.1) is 0 Å². The molecule has 0 aliphatic rings. The highest BCUT2D eigenvalue weighted by molar-refractivity contribution is 4.52. The van der Waals surface area contributed by atoms with E-state index in [0.29, 0.717) is 0 Å². The van der Waals surface area contributed by atoms with Gasteiger partial charge in [0.25, 0.3) is 0 Å². The highest BCUT2D eigenvalue weighted by atomic mass is 14.8. The summed E-state index contributed by atoms with van der Waals surface area (Å²) in [6.45, 7) is 5.61. The van der Waals surface area contributed by atoms with Crippen molar-refractivity contribution in [1.82, 2.24) is 5.32 Å². The lowest BCUT2D eigenvalue weighted by Crippen LogP contribution is -2.16. The third-order valence-corrected chi connectivity index (χ3v) is 4.76. The minimum Gasteiger partial charge on any atom is -0.330 e. The van der Waals surface area contributed by atoms with E-state index in [-0.39, 0.29) is 0 Å². The lowest BCUT2D eigenvalue weighted by atomic mass is 10.1. The molecule has 0 amide bonds. The molecule has 0 bridgehead atoms. The number of hydrogen-bond donors (Lipinski definition) is 2. The Morgan fingerprint density at radius 1 is 0.478 bits per heavy atom. The van der Waals surface area contributed by atoms with Crippen LogP contribution in [0.4, 0.5) is 0 Å². The topological polar surface area (TPSA) is 38.0 Å². The van der Waals surface area contributed by atoms with Crippen molar-refractivity contribution < 1.29 is 0 Å². The fourth-order valence-electron chi connectivity index (χ4n) is 3.14. The van der Waals surface area contributed by atoms with Gasteiger partial charge in [-0.3, -0.25) is 0 Å². The smallest absolute Gasteiger partial charge is 0.00489 e. The van der Waals surface area contributed by atoms with Crippen LogP contribution >= 0.6 is 0 Å². The monoisotopic (exact) mass is 326 g/mol. The summed E-state index contributed by atoms with van der Waals surface area (Å²) >= 11 is 0. The van der Waals surface area contributed by atoms with Gasteiger partial charge in [-0.15, -0.1) is 0 Å². The molecule has 0 fully saturated rings. The standard InChI is InChI=1S/C21H46N2/c1-2-3-4-5-6-8-11-14-17-20-23-21-18-15-12-9-7-10-13-16-19-22/h23H,2-22H2,1H3. The van der Waals surface area contributed by atoms with Gasteiger partial charge in [0.1, 0.15) is 0 Å². The fraction of sp³-hybridized carbons (Fsp3) is 1.00. The first kappa shape index (κ1) is 22.9. The van der Waals surface area contributed by atoms with Gasteiger partial charge < -0.3 is 11.1 Å². The van der Waals surface area contributed by atoms with E-state index in [9.17, 15) is 0 Å². The van der Waals surface area contributed by atoms with Crippen molar-refractivity contribution in [3.63, 3.8) is 0 Å². The van der Waals surface area contributed by atoms with Crippen molar-refractivity contribution in [2.75, 3.05) is 19.6 Å². The second-order valence-corrected chi connectivity index (χ2v) is 7.20. The Kier molecular flexibility index (Phi) is 21.8. The van der Waals surface area contributed by atoms with Crippen LogP contribution in [0.1, 0.15) is 116 Å². The van der Waals surface area contributed by atoms with E-state index in [1.807, 2.05) is 0 Å². The molecule has 0 aromatic heterocycles. The van der Waals surface area contributed by atoms with Gasteiger partial charge >= 0.3 is 0 Å². The van der Waals surface area contributed by atoms with Gasteiger partial charge in [0, 0.05) is 0 Å². The molecule has 0 aromatic rings. The largest absolute Gasteiger partial charge is 0.330 e. The van der Waals surface area contributed by atoms with Crippen LogP contribution in [0.3, 0.4) is 0 Å². The molecule has 2 heteroatoms. The second kappa shape index (κ2) is 21.9. The fourth-order valence-corrected chi connectivity index (χ4v) is 3.14. The van der Waals surface area contributed by atoms with E-state index in [2.05, 4.69) is 12.2 Å². The zero-order valence-corrected chi connectivity index (χ0v) is 16.2. The average molecular weight is 327 g/mol. The summed E-state index contributed by atoms with van der Waals surface area (Å²) in [6.07, 6.45) is 23.8. The van der Waals surface area contributed by atoms with Crippen molar-refractivity contribution in [2.45, 2.75) is 116 Å². The minimum absolute atomic E-state index is 0.866. The first-order chi connectivity index (χ1) is 11.4. The maximum absolute atomic E-state index is 5.50. The van der Waals surface area contributed by atoms with Gasteiger partial charge in [0.2, 0.25) is 0 Å². The summed E-state index contributed by atoms with van der Waals surface area (Å²) in [5, 5.41) is 3.61. The second-order valence-electron chi connectivity index (χ2n) is 7.20. The molecule has 2 nitrogen and oxygen atoms in total. The summed E-state index contributed by atoms with van der Waals surface area (Å²) in [6, 6.07) is 0. The molecular weight excluding hydrogens is 280 g/mol. The highest BCUT2D eigenvalue weighted by Gasteiger charge is 1.94. The van der Waals surface area contributed by atoms with Crippen molar-refractivity contribution >= 4 is 0 Å². The third kappa shape index (κ3) is 21.9. The number of nitrogens with two attached hydrogens (primary N) is 1.